The number of halogens is 1. The summed E-state index contributed by atoms with van der Waals surface area (Å²) in [7, 11) is 0. The van der Waals surface area contributed by atoms with Gasteiger partial charge in [-0.05, 0) is 55.7 Å². The molecule has 2 heterocycles. The zero-order valence-corrected chi connectivity index (χ0v) is 13.6. The van der Waals surface area contributed by atoms with Crippen molar-refractivity contribution in [3.05, 3.63) is 58.9 Å². The van der Waals surface area contributed by atoms with Crippen LogP contribution >= 0.6 is 23.4 Å². The highest BCUT2D eigenvalue weighted by Crippen LogP contribution is 2.48. The first kappa shape index (κ1) is 14.9. The number of aromatic nitrogens is 1. The quantitative estimate of drug-likeness (QED) is 0.808. The first-order valence-corrected chi connectivity index (χ1v) is 8.33. The van der Waals surface area contributed by atoms with Gasteiger partial charge in [-0.25, -0.2) is 0 Å². The predicted octanol–water partition coefficient (Wildman–Crippen LogP) is 4.84. The van der Waals surface area contributed by atoms with Crippen LogP contribution in [0.1, 0.15) is 24.1 Å². The van der Waals surface area contributed by atoms with Crippen LogP contribution in [0.4, 0.5) is 0 Å². The van der Waals surface area contributed by atoms with E-state index in [1.807, 2.05) is 37.0 Å². The first-order valence-electron chi connectivity index (χ1n) is 7.13. The Balaban J connectivity index is 1.92. The van der Waals surface area contributed by atoms with Crippen molar-refractivity contribution < 1.29 is 4.74 Å². The Morgan fingerprint density at radius 1 is 1.10 bits per heavy atom. The van der Waals surface area contributed by atoms with Gasteiger partial charge in [-0.15, -0.1) is 11.8 Å². The maximum Gasteiger partial charge on any atom is 0.0514 e. The van der Waals surface area contributed by atoms with Crippen LogP contribution in [0.25, 0.3) is 0 Å². The summed E-state index contributed by atoms with van der Waals surface area (Å²) in [6, 6.07) is 12.4. The lowest BCUT2D eigenvalue weighted by atomic mass is 9.91. The van der Waals surface area contributed by atoms with Crippen molar-refractivity contribution in [3.8, 4) is 0 Å². The number of pyridine rings is 1. The Morgan fingerprint density at radius 2 is 1.81 bits per heavy atom. The van der Waals surface area contributed by atoms with E-state index < -0.39 is 0 Å². The van der Waals surface area contributed by atoms with Gasteiger partial charge in [0.1, 0.15) is 0 Å². The Kier molecular flexibility index (Phi) is 4.53. The van der Waals surface area contributed by atoms with Crippen LogP contribution in [0.15, 0.2) is 47.5 Å². The highest BCUT2D eigenvalue weighted by atomic mass is 35.5. The van der Waals surface area contributed by atoms with E-state index in [1.165, 1.54) is 10.5 Å². The molecule has 1 aromatic heterocycles. The van der Waals surface area contributed by atoms with Gasteiger partial charge < -0.3 is 4.74 Å². The summed E-state index contributed by atoms with van der Waals surface area (Å²) >= 11 is 7.89. The lowest BCUT2D eigenvalue weighted by molar-refractivity contribution is 0.0768. The molecule has 1 aliphatic heterocycles. The molecule has 0 atom stereocenters. The molecule has 1 aromatic carbocycles. The van der Waals surface area contributed by atoms with Crippen molar-refractivity contribution in [2.24, 2.45) is 0 Å². The molecular formula is C17H18ClNOS. The molecule has 2 nitrogen and oxygen atoms in total. The SMILES string of the molecule is Cc1ccc(C2(Sc3ccc(Cl)cc3)CCOCC2)cn1. The second-order valence-corrected chi connectivity index (χ2v) is 7.24. The Bertz CT molecular complexity index is 591. The minimum Gasteiger partial charge on any atom is -0.381 e. The molecule has 3 rings (SSSR count). The van der Waals surface area contributed by atoms with Crippen molar-refractivity contribution in [3.63, 3.8) is 0 Å². The van der Waals surface area contributed by atoms with Gasteiger partial charge in [0.05, 0.1) is 4.75 Å². The van der Waals surface area contributed by atoms with Crippen molar-refractivity contribution in [1.82, 2.24) is 4.98 Å². The fraction of sp³-hybridized carbons (Fsp3) is 0.353. The lowest BCUT2D eigenvalue weighted by Gasteiger charge is -2.37. The number of thioether (sulfide) groups is 1. The molecule has 0 bridgehead atoms. The Labute approximate surface area is 134 Å². The van der Waals surface area contributed by atoms with E-state index in [4.69, 9.17) is 16.3 Å². The molecule has 21 heavy (non-hydrogen) atoms. The van der Waals surface area contributed by atoms with Gasteiger partial charge >= 0.3 is 0 Å². The summed E-state index contributed by atoms with van der Waals surface area (Å²) in [6.07, 6.45) is 4.03. The summed E-state index contributed by atoms with van der Waals surface area (Å²) in [5.41, 5.74) is 2.34. The molecule has 2 aromatic rings. The van der Waals surface area contributed by atoms with Crippen LogP contribution in [0, 0.1) is 6.92 Å². The molecule has 1 aliphatic rings. The molecule has 0 spiro atoms. The summed E-state index contributed by atoms with van der Waals surface area (Å²) in [5, 5.41) is 0.775. The van der Waals surface area contributed by atoms with Gasteiger partial charge in [0.15, 0.2) is 0 Å². The van der Waals surface area contributed by atoms with Crippen molar-refractivity contribution in [2.45, 2.75) is 29.4 Å². The van der Waals surface area contributed by atoms with E-state index in [0.29, 0.717) is 0 Å². The van der Waals surface area contributed by atoms with E-state index in [0.717, 1.165) is 36.8 Å². The van der Waals surface area contributed by atoms with E-state index >= 15 is 0 Å². The maximum atomic E-state index is 5.98. The van der Waals surface area contributed by atoms with Crippen LogP contribution < -0.4 is 0 Å². The minimum atomic E-state index is 0.0484. The van der Waals surface area contributed by atoms with Crippen molar-refractivity contribution in [1.29, 1.82) is 0 Å². The van der Waals surface area contributed by atoms with Crippen LogP contribution in [-0.2, 0) is 9.48 Å². The summed E-state index contributed by atoms with van der Waals surface area (Å²) in [4.78, 5) is 5.72. The van der Waals surface area contributed by atoms with E-state index in [-0.39, 0.29) is 4.75 Å². The Hall–Kier alpha value is -1.03. The minimum absolute atomic E-state index is 0.0484. The molecule has 0 amide bonds. The molecular weight excluding hydrogens is 302 g/mol. The third-order valence-corrected chi connectivity index (χ3v) is 5.66. The fourth-order valence-electron chi connectivity index (χ4n) is 2.62. The van der Waals surface area contributed by atoms with Crippen LogP contribution in [0.5, 0.6) is 0 Å². The van der Waals surface area contributed by atoms with Gasteiger partial charge in [-0.1, -0.05) is 17.7 Å². The number of benzene rings is 1. The highest BCUT2D eigenvalue weighted by Gasteiger charge is 2.35. The molecule has 1 saturated heterocycles. The number of rotatable bonds is 3. The average Bonchev–Trinajstić information content (AvgIpc) is 2.51. The fourth-order valence-corrected chi connectivity index (χ4v) is 4.08. The molecule has 1 fully saturated rings. The second kappa shape index (κ2) is 6.39. The number of ether oxygens (including phenoxy) is 1. The van der Waals surface area contributed by atoms with Crippen LogP contribution in [-0.4, -0.2) is 18.2 Å². The molecule has 0 N–H and O–H groups in total. The van der Waals surface area contributed by atoms with Crippen LogP contribution in [0.3, 0.4) is 0 Å². The molecule has 0 aliphatic carbocycles. The zero-order chi connectivity index (χ0) is 14.7. The van der Waals surface area contributed by atoms with Gasteiger partial charge in [0.25, 0.3) is 0 Å². The second-order valence-electron chi connectivity index (χ2n) is 5.35. The topological polar surface area (TPSA) is 22.1 Å². The zero-order valence-electron chi connectivity index (χ0n) is 12.0. The normalized spacial score (nSPS) is 17.6. The number of hydrogen-bond donors (Lipinski definition) is 0. The third-order valence-electron chi connectivity index (χ3n) is 3.86. The molecule has 4 heteroatoms. The van der Waals surface area contributed by atoms with Gasteiger partial charge in [0.2, 0.25) is 0 Å². The maximum absolute atomic E-state index is 5.98. The monoisotopic (exact) mass is 319 g/mol. The Morgan fingerprint density at radius 3 is 2.43 bits per heavy atom. The lowest BCUT2D eigenvalue weighted by Crippen LogP contribution is -2.30. The summed E-state index contributed by atoms with van der Waals surface area (Å²) in [6.45, 7) is 3.62. The van der Waals surface area contributed by atoms with E-state index in [9.17, 15) is 0 Å². The molecule has 0 unspecified atom stereocenters. The van der Waals surface area contributed by atoms with Crippen LogP contribution in [0.2, 0.25) is 5.02 Å². The smallest absolute Gasteiger partial charge is 0.0514 e. The van der Waals surface area contributed by atoms with Gasteiger partial charge in [-0.2, -0.15) is 0 Å². The van der Waals surface area contributed by atoms with Gasteiger partial charge in [0, 0.05) is 35.0 Å². The third kappa shape index (κ3) is 3.42. The van der Waals surface area contributed by atoms with Crippen molar-refractivity contribution in [2.75, 3.05) is 13.2 Å². The van der Waals surface area contributed by atoms with Gasteiger partial charge in [-0.3, -0.25) is 4.98 Å². The molecule has 0 saturated carbocycles. The number of aryl methyl sites for hydroxylation is 1. The predicted molar refractivity (Wildman–Crippen MR) is 88.0 cm³/mol. The molecule has 110 valence electrons. The van der Waals surface area contributed by atoms with E-state index in [2.05, 4.69) is 29.2 Å². The number of nitrogens with zero attached hydrogens (tertiary/aromatic N) is 1. The summed E-state index contributed by atoms with van der Waals surface area (Å²) < 4.78 is 5.62. The van der Waals surface area contributed by atoms with Crippen molar-refractivity contribution >= 4 is 23.4 Å². The highest BCUT2D eigenvalue weighted by molar-refractivity contribution is 8.00. The largest absolute Gasteiger partial charge is 0.381 e. The first-order chi connectivity index (χ1) is 10.2. The van der Waals surface area contributed by atoms with E-state index in [1.54, 1.807) is 0 Å². The number of hydrogen-bond acceptors (Lipinski definition) is 3. The molecule has 0 radical (unpaired) electrons. The average molecular weight is 320 g/mol. The summed E-state index contributed by atoms with van der Waals surface area (Å²) in [5.74, 6) is 0. The standard InChI is InChI=1S/C17H18ClNOS/c1-13-2-3-14(12-19-13)17(8-10-20-11-9-17)21-16-6-4-15(18)5-7-16/h2-7,12H,8-11H2,1H3.